The molecular weight excluding hydrogens is 382 g/mol. The van der Waals surface area contributed by atoms with Crippen molar-refractivity contribution in [3.63, 3.8) is 0 Å². The lowest BCUT2D eigenvalue weighted by atomic mass is 10.0. The fraction of sp³-hybridized carbons (Fsp3) is 0.0588. The van der Waals surface area contributed by atoms with Crippen LogP contribution in [0, 0.1) is 0 Å². The molecule has 0 fully saturated rings. The summed E-state index contributed by atoms with van der Waals surface area (Å²) < 4.78 is 5.87. The fourth-order valence-electron chi connectivity index (χ4n) is 2.36. The fourth-order valence-corrected chi connectivity index (χ4v) is 3.08. The van der Waals surface area contributed by atoms with Gasteiger partial charge in [0, 0.05) is 15.4 Å². The number of halogens is 2. The third kappa shape index (κ3) is 2.90. The number of benzene rings is 2. The zero-order valence-corrected chi connectivity index (χ0v) is 14.4. The maximum absolute atomic E-state index is 11.6. The van der Waals surface area contributed by atoms with Gasteiger partial charge in [-0.3, -0.25) is 0 Å². The summed E-state index contributed by atoms with van der Waals surface area (Å²) in [5, 5.41) is 10.5. The van der Waals surface area contributed by atoms with E-state index in [0.717, 1.165) is 10.0 Å². The van der Waals surface area contributed by atoms with Crippen LogP contribution >= 0.6 is 27.5 Å². The Bertz CT molecular complexity index is 927. The molecule has 1 aromatic heterocycles. The lowest BCUT2D eigenvalue weighted by Crippen LogP contribution is -2.00. The minimum atomic E-state index is -1.00. The molecule has 6 heteroatoms. The van der Waals surface area contributed by atoms with Crippen LogP contribution in [0.25, 0.3) is 22.2 Å². The van der Waals surface area contributed by atoms with Crippen LogP contribution in [0.15, 0.2) is 46.9 Å². The number of fused-ring (bicyclic) bond motifs is 1. The maximum atomic E-state index is 11.6. The van der Waals surface area contributed by atoms with Crippen LogP contribution in [-0.2, 0) is 0 Å². The smallest absolute Gasteiger partial charge is 0.336 e. The summed E-state index contributed by atoms with van der Waals surface area (Å²) in [5.41, 5.74) is 2.04. The van der Waals surface area contributed by atoms with E-state index in [1.807, 2.05) is 6.07 Å². The van der Waals surface area contributed by atoms with Gasteiger partial charge in [-0.25, -0.2) is 9.78 Å². The molecule has 2 aromatic carbocycles. The number of nitrogens with zero attached hydrogens (tertiary/aromatic N) is 1. The lowest BCUT2D eigenvalue weighted by molar-refractivity contribution is 0.0699. The largest absolute Gasteiger partial charge is 0.495 e. The predicted octanol–water partition coefficient (Wildman–Crippen LogP) is 5.02. The summed E-state index contributed by atoms with van der Waals surface area (Å²) in [6.07, 6.45) is 0. The van der Waals surface area contributed by atoms with Crippen molar-refractivity contribution >= 4 is 44.4 Å². The van der Waals surface area contributed by atoms with Gasteiger partial charge in [0.2, 0.25) is 0 Å². The van der Waals surface area contributed by atoms with Gasteiger partial charge < -0.3 is 9.84 Å². The molecule has 0 saturated carbocycles. The third-order valence-electron chi connectivity index (χ3n) is 3.47. The molecule has 0 radical (unpaired) electrons. The first-order chi connectivity index (χ1) is 11.0. The normalized spacial score (nSPS) is 10.7. The first-order valence-corrected chi connectivity index (χ1v) is 7.85. The number of hydrogen-bond donors (Lipinski definition) is 1. The number of hydrogen-bond acceptors (Lipinski definition) is 3. The van der Waals surface area contributed by atoms with Crippen molar-refractivity contribution in [1.82, 2.24) is 4.98 Å². The van der Waals surface area contributed by atoms with E-state index in [1.165, 1.54) is 7.11 Å². The van der Waals surface area contributed by atoms with Gasteiger partial charge in [0.05, 0.1) is 28.9 Å². The number of para-hydroxylation sites is 1. The summed E-state index contributed by atoms with van der Waals surface area (Å²) in [7, 11) is 1.54. The highest BCUT2D eigenvalue weighted by Gasteiger charge is 2.15. The van der Waals surface area contributed by atoms with Gasteiger partial charge >= 0.3 is 5.97 Å². The number of rotatable bonds is 3. The molecule has 0 amide bonds. The number of ether oxygens (including phenoxy) is 1. The van der Waals surface area contributed by atoms with Gasteiger partial charge in [-0.2, -0.15) is 0 Å². The molecule has 3 aromatic rings. The molecule has 4 nitrogen and oxygen atoms in total. The minimum absolute atomic E-state index is 0.193. The molecule has 1 heterocycles. The monoisotopic (exact) mass is 391 g/mol. The van der Waals surface area contributed by atoms with Crippen LogP contribution in [0.4, 0.5) is 0 Å². The average Bonchev–Trinajstić information content (AvgIpc) is 2.54. The molecule has 0 unspecified atom stereocenters. The zero-order chi connectivity index (χ0) is 16.6. The Kier molecular flexibility index (Phi) is 4.24. The topological polar surface area (TPSA) is 59.4 Å². The third-order valence-corrected chi connectivity index (χ3v) is 4.40. The molecule has 0 aliphatic rings. The molecule has 0 aliphatic carbocycles. The van der Waals surface area contributed by atoms with E-state index in [1.54, 1.807) is 36.4 Å². The molecule has 116 valence electrons. The number of methoxy groups -OCH3 is 1. The van der Waals surface area contributed by atoms with Crippen LogP contribution in [0.2, 0.25) is 5.02 Å². The van der Waals surface area contributed by atoms with Gasteiger partial charge in [0.1, 0.15) is 5.75 Å². The van der Waals surface area contributed by atoms with Crippen molar-refractivity contribution in [2.75, 3.05) is 7.11 Å². The molecule has 0 atom stereocenters. The van der Waals surface area contributed by atoms with Gasteiger partial charge in [-0.05, 0) is 46.3 Å². The van der Waals surface area contributed by atoms with Crippen molar-refractivity contribution in [2.45, 2.75) is 0 Å². The molecule has 0 spiro atoms. The van der Waals surface area contributed by atoms with Crippen LogP contribution in [0.1, 0.15) is 10.4 Å². The minimum Gasteiger partial charge on any atom is -0.495 e. The van der Waals surface area contributed by atoms with Crippen LogP contribution in [0.3, 0.4) is 0 Å². The second-order valence-corrected chi connectivity index (χ2v) is 6.11. The van der Waals surface area contributed by atoms with Crippen LogP contribution in [-0.4, -0.2) is 23.2 Å². The second-order valence-electron chi connectivity index (χ2n) is 4.85. The highest BCUT2D eigenvalue weighted by molar-refractivity contribution is 9.10. The molecule has 0 bridgehead atoms. The average molecular weight is 393 g/mol. The predicted molar refractivity (Wildman–Crippen MR) is 93.4 cm³/mol. The quantitative estimate of drug-likeness (QED) is 0.679. The molecule has 1 N–H and O–H groups in total. The Labute approximate surface area is 145 Å². The standard InChI is InChI=1S/C17H11BrClNO3/c1-23-15-6-5-9(7-13(15)19)14-8-11(17(21)22)10-3-2-4-12(18)16(10)20-14/h2-8H,1H3,(H,21,22). The van der Waals surface area contributed by atoms with E-state index in [4.69, 9.17) is 16.3 Å². The Hall–Kier alpha value is -2.11. The van der Waals surface area contributed by atoms with Crippen LogP contribution in [0.5, 0.6) is 5.75 Å². The lowest BCUT2D eigenvalue weighted by Gasteiger charge is -2.10. The van der Waals surface area contributed by atoms with E-state index in [9.17, 15) is 9.90 Å². The van der Waals surface area contributed by atoms with Gasteiger partial charge in [0.25, 0.3) is 0 Å². The van der Waals surface area contributed by atoms with Gasteiger partial charge in [-0.15, -0.1) is 0 Å². The van der Waals surface area contributed by atoms with Crippen molar-refractivity contribution in [3.8, 4) is 17.0 Å². The Morgan fingerprint density at radius 1 is 1.26 bits per heavy atom. The number of aromatic carboxylic acids is 1. The number of pyridine rings is 1. The number of carbonyl (C=O) groups is 1. The summed E-state index contributed by atoms with van der Waals surface area (Å²) in [5.74, 6) is -0.452. The maximum Gasteiger partial charge on any atom is 0.336 e. The van der Waals surface area contributed by atoms with E-state index in [-0.39, 0.29) is 5.56 Å². The SMILES string of the molecule is COc1ccc(-c2cc(C(=O)O)c3cccc(Br)c3n2)cc1Cl. The molecule has 3 rings (SSSR count). The molecular formula is C17H11BrClNO3. The summed E-state index contributed by atoms with van der Waals surface area (Å²) >= 11 is 9.58. The van der Waals surface area contributed by atoms with Crippen molar-refractivity contribution in [3.05, 3.63) is 57.5 Å². The van der Waals surface area contributed by atoms with Gasteiger partial charge in [-0.1, -0.05) is 23.7 Å². The summed E-state index contributed by atoms with van der Waals surface area (Å²) in [4.78, 5) is 16.2. The Morgan fingerprint density at radius 2 is 2.04 bits per heavy atom. The van der Waals surface area contributed by atoms with Crippen molar-refractivity contribution < 1.29 is 14.6 Å². The molecule has 0 aliphatic heterocycles. The van der Waals surface area contributed by atoms with E-state index in [0.29, 0.717) is 27.4 Å². The van der Waals surface area contributed by atoms with Crippen molar-refractivity contribution in [2.24, 2.45) is 0 Å². The van der Waals surface area contributed by atoms with E-state index < -0.39 is 5.97 Å². The first kappa shape index (κ1) is 15.8. The summed E-state index contributed by atoms with van der Waals surface area (Å²) in [6.45, 7) is 0. The van der Waals surface area contributed by atoms with Crippen LogP contribution < -0.4 is 4.74 Å². The second kappa shape index (κ2) is 6.18. The Balaban J connectivity index is 2.28. The van der Waals surface area contributed by atoms with E-state index in [2.05, 4.69) is 20.9 Å². The number of carboxylic acids is 1. The molecule has 0 saturated heterocycles. The Morgan fingerprint density at radius 3 is 2.70 bits per heavy atom. The number of aromatic nitrogens is 1. The summed E-state index contributed by atoms with van der Waals surface area (Å²) in [6, 6.07) is 12.1. The molecule has 23 heavy (non-hydrogen) atoms. The first-order valence-electron chi connectivity index (χ1n) is 6.67. The highest BCUT2D eigenvalue weighted by atomic mass is 79.9. The van der Waals surface area contributed by atoms with Crippen molar-refractivity contribution in [1.29, 1.82) is 0 Å². The van der Waals surface area contributed by atoms with E-state index >= 15 is 0 Å². The van der Waals surface area contributed by atoms with Gasteiger partial charge in [0.15, 0.2) is 0 Å². The zero-order valence-electron chi connectivity index (χ0n) is 12.0. The number of carboxylic acid groups (broad SMARTS) is 1. The highest BCUT2D eigenvalue weighted by Crippen LogP contribution is 2.33.